The molecular formula is C8H12F3NO2. The summed E-state index contributed by atoms with van der Waals surface area (Å²) in [5.41, 5.74) is 0. The second kappa shape index (κ2) is 4.27. The fourth-order valence-corrected chi connectivity index (χ4v) is 1.47. The fraction of sp³-hybridized carbons (Fsp3) is 0.875. The van der Waals surface area contributed by atoms with Gasteiger partial charge in [0.25, 0.3) is 0 Å². The lowest BCUT2D eigenvalue weighted by Gasteiger charge is -2.29. The zero-order valence-electron chi connectivity index (χ0n) is 7.55. The van der Waals surface area contributed by atoms with Gasteiger partial charge in [0.15, 0.2) is 0 Å². The molecule has 1 aliphatic heterocycles. The van der Waals surface area contributed by atoms with Gasteiger partial charge in [0, 0.05) is 6.54 Å². The zero-order chi connectivity index (χ0) is 10.8. The number of aliphatic hydroxyl groups excluding tert-OH is 1. The van der Waals surface area contributed by atoms with Crippen LogP contribution in [0.5, 0.6) is 0 Å². The number of carbonyl (C=O) groups is 1. The number of piperidine rings is 1. The van der Waals surface area contributed by atoms with Crippen LogP contribution < -0.4 is 0 Å². The molecule has 1 heterocycles. The largest absolute Gasteiger partial charge is 0.451 e. The molecule has 3 nitrogen and oxygen atoms in total. The standard InChI is InChI=1S/C8H12F3NO2/c9-8(10,11)7(14)5-12-3-1-2-6(13)4-12/h6,13H,1-5H2. The van der Waals surface area contributed by atoms with Gasteiger partial charge in [0.2, 0.25) is 5.78 Å². The number of halogens is 3. The number of aliphatic hydroxyl groups is 1. The minimum Gasteiger partial charge on any atom is -0.392 e. The van der Waals surface area contributed by atoms with E-state index >= 15 is 0 Å². The Morgan fingerprint density at radius 2 is 2.14 bits per heavy atom. The van der Waals surface area contributed by atoms with Gasteiger partial charge in [-0.2, -0.15) is 13.2 Å². The van der Waals surface area contributed by atoms with Crippen molar-refractivity contribution in [3.63, 3.8) is 0 Å². The highest BCUT2D eigenvalue weighted by Crippen LogP contribution is 2.18. The number of carbonyl (C=O) groups excluding carboxylic acids is 1. The summed E-state index contributed by atoms with van der Waals surface area (Å²) in [7, 11) is 0. The van der Waals surface area contributed by atoms with Crippen molar-refractivity contribution in [1.82, 2.24) is 4.90 Å². The Bertz CT molecular complexity index is 217. The van der Waals surface area contributed by atoms with Crippen LogP contribution in [0.2, 0.25) is 0 Å². The van der Waals surface area contributed by atoms with Crippen LogP contribution >= 0.6 is 0 Å². The molecule has 1 saturated heterocycles. The molecule has 82 valence electrons. The molecule has 14 heavy (non-hydrogen) atoms. The van der Waals surface area contributed by atoms with E-state index in [-0.39, 0.29) is 6.54 Å². The van der Waals surface area contributed by atoms with Gasteiger partial charge >= 0.3 is 6.18 Å². The molecular weight excluding hydrogens is 199 g/mol. The first-order valence-corrected chi connectivity index (χ1v) is 4.40. The molecule has 1 aliphatic rings. The number of hydrogen-bond acceptors (Lipinski definition) is 3. The van der Waals surface area contributed by atoms with E-state index < -0.39 is 24.6 Å². The van der Waals surface area contributed by atoms with E-state index in [4.69, 9.17) is 5.11 Å². The zero-order valence-corrected chi connectivity index (χ0v) is 7.55. The lowest BCUT2D eigenvalue weighted by Crippen LogP contribution is -2.44. The van der Waals surface area contributed by atoms with E-state index in [1.807, 2.05) is 0 Å². The monoisotopic (exact) mass is 211 g/mol. The van der Waals surface area contributed by atoms with Gasteiger partial charge in [-0.15, -0.1) is 0 Å². The van der Waals surface area contributed by atoms with E-state index in [9.17, 15) is 18.0 Å². The summed E-state index contributed by atoms with van der Waals surface area (Å²) in [6.07, 6.45) is -4.14. The summed E-state index contributed by atoms with van der Waals surface area (Å²) in [5.74, 6) is -1.74. The molecule has 0 bridgehead atoms. The molecule has 0 aliphatic carbocycles. The third kappa shape index (κ3) is 3.26. The van der Waals surface area contributed by atoms with Crippen molar-refractivity contribution >= 4 is 5.78 Å². The van der Waals surface area contributed by atoms with Gasteiger partial charge in [0.05, 0.1) is 12.6 Å². The number of nitrogens with zero attached hydrogens (tertiary/aromatic N) is 1. The molecule has 0 aromatic carbocycles. The Balaban J connectivity index is 2.40. The third-order valence-electron chi connectivity index (χ3n) is 2.16. The van der Waals surface area contributed by atoms with Crippen molar-refractivity contribution in [2.45, 2.75) is 25.1 Å². The van der Waals surface area contributed by atoms with E-state index in [2.05, 4.69) is 0 Å². The maximum Gasteiger partial charge on any atom is 0.451 e. The summed E-state index contributed by atoms with van der Waals surface area (Å²) in [5, 5.41) is 9.16. The number of hydrogen-bond donors (Lipinski definition) is 1. The summed E-state index contributed by atoms with van der Waals surface area (Å²) >= 11 is 0. The predicted molar refractivity (Wildman–Crippen MR) is 42.7 cm³/mol. The highest BCUT2D eigenvalue weighted by atomic mass is 19.4. The van der Waals surface area contributed by atoms with Crippen LogP contribution in [0.25, 0.3) is 0 Å². The van der Waals surface area contributed by atoms with Crippen molar-refractivity contribution in [2.24, 2.45) is 0 Å². The number of alkyl halides is 3. The predicted octanol–water partition coefficient (Wildman–Crippen LogP) is 0.575. The lowest BCUT2D eigenvalue weighted by atomic mass is 10.1. The minimum absolute atomic E-state index is 0.155. The lowest BCUT2D eigenvalue weighted by molar-refractivity contribution is -0.172. The molecule has 1 rings (SSSR count). The second-order valence-corrected chi connectivity index (χ2v) is 3.45. The second-order valence-electron chi connectivity index (χ2n) is 3.45. The fourth-order valence-electron chi connectivity index (χ4n) is 1.47. The quantitative estimate of drug-likeness (QED) is 0.726. The molecule has 1 unspecified atom stereocenters. The van der Waals surface area contributed by atoms with E-state index in [0.29, 0.717) is 19.4 Å². The SMILES string of the molecule is O=C(CN1CCCC(O)C1)C(F)(F)F. The first-order chi connectivity index (χ1) is 6.39. The van der Waals surface area contributed by atoms with Crippen molar-refractivity contribution in [2.75, 3.05) is 19.6 Å². The minimum atomic E-state index is -4.76. The van der Waals surface area contributed by atoms with Crippen LogP contribution in [0.1, 0.15) is 12.8 Å². The average molecular weight is 211 g/mol. The molecule has 1 N–H and O–H groups in total. The van der Waals surface area contributed by atoms with Crippen LogP contribution in [0, 0.1) is 0 Å². The van der Waals surface area contributed by atoms with Gasteiger partial charge in [0.1, 0.15) is 0 Å². The maximum absolute atomic E-state index is 11.9. The normalized spacial score (nSPS) is 25.0. The highest BCUT2D eigenvalue weighted by Gasteiger charge is 2.39. The van der Waals surface area contributed by atoms with Crippen molar-refractivity contribution in [3.05, 3.63) is 0 Å². The van der Waals surface area contributed by atoms with Crippen LogP contribution in [0.15, 0.2) is 0 Å². The topological polar surface area (TPSA) is 40.5 Å². The van der Waals surface area contributed by atoms with Crippen LogP contribution in [-0.4, -0.2) is 47.7 Å². The number of likely N-dealkylation sites (tertiary alicyclic amines) is 1. The Labute approximate surface area is 79.5 Å². The number of rotatable bonds is 2. The summed E-state index contributed by atoms with van der Waals surface area (Å²) in [4.78, 5) is 11.9. The molecule has 0 aromatic heterocycles. The number of Topliss-reactive ketones (excluding diaryl/α,β-unsaturated/α-hetero) is 1. The van der Waals surface area contributed by atoms with Crippen molar-refractivity contribution < 1.29 is 23.1 Å². The van der Waals surface area contributed by atoms with Crippen molar-refractivity contribution in [3.8, 4) is 0 Å². The van der Waals surface area contributed by atoms with Crippen LogP contribution in [-0.2, 0) is 4.79 Å². The van der Waals surface area contributed by atoms with Gasteiger partial charge in [-0.1, -0.05) is 0 Å². The molecule has 0 radical (unpaired) electrons. The smallest absolute Gasteiger partial charge is 0.392 e. The Morgan fingerprint density at radius 3 is 2.64 bits per heavy atom. The molecule has 0 spiro atoms. The number of ketones is 1. The Morgan fingerprint density at radius 1 is 1.50 bits per heavy atom. The van der Waals surface area contributed by atoms with Gasteiger partial charge in [-0.3, -0.25) is 9.69 Å². The molecule has 1 fully saturated rings. The highest BCUT2D eigenvalue weighted by molar-refractivity contribution is 5.85. The number of β-amino-alcohol motifs (C(OH)–C–C–N with tert-alkyl or cyclic N) is 1. The summed E-state index contributed by atoms with van der Waals surface area (Å²) in [6.45, 7) is -0.0404. The molecule has 6 heteroatoms. The maximum atomic E-state index is 11.9. The first kappa shape index (κ1) is 11.5. The van der Waals surface area contributed by atoms with Crippen molar-refractivity contribution in [1.29, 1.82) is 0 Å². The van der Waals surface area contributed by atoms with E-state index in [1.165, 1.54) is 4.90 Å². The van der Waals surface area contributed by atoms with Gasteiger partial charge in [-0.25, -0.2) is 0 Å². The Hall–Kier alpha value is -0.620. The van der Waals surface area contributed by atoms with Gasteiger partial charge < -0.3 is 5.11 Å². The molecule has 0 aromatic rings. The molecule has 0 saturated carbocycles. The summed E-state index contributed by atoms with van der Waals surface area (Å²) in [6, 6.07) is 0. The third-order valence-corrected chi connectivity index (χ3v) is 2.16. The molecule has 0 amide bonds. The average Bonchev–Trinajstić information content (AvgIpc) is 2.02. The first-order valence-electron chi connectivity index (χ1n) is 4.40. The Kier molecular flexibility index (Phi) is 3.49. The van der Waals surface area contributed by atoms with E-state index in [0.717, 1.165) is 0 Å². The molecule has 1 atom stereocenters. The van der Waals surface area contributed by atoms with Gasteiger partial charge in [-0.05, 0) is 19.4 Å². The van der Waals surface area contributed by atoms with Crippen LogP contribution in [0.3, 0.4) is 0 Å². The van der Waals surface area contributed by atoms with Crippen LogP contribution in [0.4, 0.5) is 13.2 Å². The van der Waals surface area contributed by atoms with E-state index in [1.54, 1.807) is 0 Å². The summed E-state index contributed by atoms with van der Waals surface area (Å²) < 4.78 is 35.6.